The van der Waals surface area contributed by atoms with Crippen LogP contribution in [0.25, 0.3) is 0 Å². The van der Waals surface area contributed by atoms with Gasteiger partial charge in [0.15, 0.2) is 5.78 Å². The van der Waals surface area contributed by atoms with E-state index in [1.807, 2.05) is 26.0 Å². The number of nitrogens with zero attached hydrogens (tertiary/aromatic N) is 3. The number of piperazine rings is 1. The molecule has 3 fully saturated rings. The maximum Gasteiger partial charge on any atom is 0.251 e. The topological polar surface area (TPSA) is 102 Å². The molecule has 0 aromatic heterocycles. The quantitative estimate of drug-likeness (QED) is 0.590. The summed E-state index contributed by atoms with van der Waals surface area (Å²) < 4.78 is 5.38. The van der Waals surface area contributed by atoms with Gasteiger partial charge in [0.25, 0.3) is 5.91 Å². The average molecular weight is 487 g/mol. The van der Waals surface area contributed by atoms with Gasteiger partial charge < -0.3 is 25.0 Å². The number of β-amino-alcohol motifs (C(OH)–C–C–N with tert-alkyl or cyclic N) is 1. The molecule has 0 bridgehead atoms. The Hall–Kier alpha value is -2.49. The van der Waals surface area contributed by atoms with Gasteiger partial charge in [-0.15, -0.1) is 0 Å². The number of Topliss-reactive ketones (excluding diaryl/α,β-unsaturated/α-hetero) is 1. The number of fused-ring (bicyclic) bond motifs is 1. The van der Waals surface area contributed by atoms with Crippen LogP contribution in [-0.2, 0) is 14.3 Å². The first-order chi connectivity index (χ1) is 16.7. The Kier molecular flexibility index (Phi) is 7.78. The predicted octanol–water partition coefficient (Wildman–Crippen LogP) is 0.901. The summed E-state index contributed by atoms with van der Waals surface area (Å²) >= 11 is 0. The molecule has 2 N–H and O–H groups in total. The third-order valence-corrected chi connectivity index (χ3v) is 7.29. The highest BCUT2D eigenvalue weighted by atomic mass is 16.5. The third-order valence-electron chi connectivity index (χ3n) is 7.29. The summed E-state index contributed by atoms with van der Waals surface area (Å²) in [5.74, 6) is -0.739. The Morgan fingerprint density at radius 3 is 2.34 bits per heavy atom. The van der Waals surface area contributed by atoms with Crippen molar-refractivity contribution in [2.24, 2.45) is 5.92 Å². The molecule has 35 heavy (non-hydrogen) atoms. The number of rotatable bonds is 7. The van der Waals surface area contributed by atoms with Crippen LogP contribution in [0.3, 0.4) is 0 Å². The first-order valence-corrected chi connectivity index (χ1v) is 12.7. The highest BCUT2D eigenvalue weighted by molar-refractivity contribution is 5.99. The minimum absolute atomic E-state index is 0.0309. The monoisotopic (exact) mass is 486 g/mol. The number of hydrogen-bond donors (Lipinski definition) is 2. The van der Waals surface area contributed by atoms with Crippen LogP contribution in [-0.4, -0.2) is 102 Å². The fourth-order valence-corrected chi connectivity index (χ4v) is 5.31. The van der Waals surface area contributed by atoms with E-state index in [1.165, 1.54) is 4.90 Å². The molecule has 3 aliphatic heterocycles. The third kappa shape index (κ3) is 5.52. The Morgan fingerprint density at radius 1 is 1.09 bits per heavy atom. The molecule has 3 heterocycles. The zero-order chi connectivity index (χ0) is 25.3. The first-order valence-electron chi connectivity index (χ1n) is 12.7. The van der Waals surface area contributed by atoms with Crippen molar-refractivity contribution >= 4 is 23.3 Å². The zero-order valence-electron chi connectivity index (χ0n) is 21.1. The van der Waals surface area contributed by atoms with E-state index >= 15 is 0 Å². The molecule has 9 nitrogen and oxygen atoms in total. The van der Waals surface area contributed by atoms with Crippen molar-refractivity contribution in [3.63, 3.8) is 0 Å². The number of aliphatic hydroxyl groups excluding tert-OH is 1. The number of ether oxygens (including phenoxy) is 1. The van der Waals surface area contributed by atoms with Gasteiger partial charge in [-0.1, -0.05) is 13.8 Å². The molecular weight excluding hydrogens is 448 g/mol. The molecule has 0 aliphatic carbocycles. The van der Waals surface area contributed by atoms with Gasteiger partial charge >= 0.3 is 0 Å². The summed E-state index contributed by atoms with van der Waals surface area (Å²) in [4.78, 5) is 44.9. The summed E-state index contributed by atoms with van der Waals surface area (Å²) in [5, 5.41) is 13.2. The summed E-state index contributed by atoms with van der Waals surface area (Å²) in [7, 11) is 0. The molecule has 0 spiro atoms. The van der Waals surface area contributed by atoms with Crippen LogP contribution in [0, 0.1) is 5.92 Å². The number of nitrogens with one attached hydrogen (secondary N) is 1. The molecular formula is C26H38N4O5. The fraction of sp³-hybridized carbons (Fsp3) is 0.654. The molecule has 0 saturated carbocycles. The van der Waals surface area contributed by atoms with Crippen LogP contribution in [0.2, 0.25) is 0 Å². The number of ketones is 1. The number of hydrogen-bond acceptors (Lipinski definition) is 7. The van der Waals surface area contributed by atoms with Crippen molar-refractivity contribution in [1.82, 2.24) is 15.1 Å². The van der Waals surface area contributed by atoms with Gasteiger partial charge in [0, 0.05) is 43.5 Å². The van der Waals surface area contributed by atoms with Crippen LogP contribution in [0.1, 0.15) is 44.5 Å². The molecule has 2 amide bonds. The molecule has 1 unspecified atom stereocenters. The van der Waals surface area contributed by atoms with Crippen molar-refractivity contribution in [3.8, 4) is 0 Å². The van der Waals surface area contributed by atoms with Gasteiger partial charge in [-0.3, -0.25) is 19.3 Å². The second kappa shape index (κ2) is 10.6. The Bertz CT molecular complexity index is 926. The molecule has 0 radical (unpaired) electrons. The summed E-state index contributed by atoms with van der Waals surface area (Å²) in [5.41, 5.74) is 1.56. The van der Waals surface area contributed by atoms with E-state index < -0.39 is 24.3 Å². The van der Waals surface area contributed by atoms with Gasteiger partial charge in [0.2, 0.25) is 5.91 Å². The minimum atomic E-state index is -0.902. The summed E-state index contributed by atoms with van der Waals surface area (Å²) in [6, 6.07) is 6.47. The van der Waals surface area contributed by atoms with E-state index in [0.29, 0.717) is 18.0 Å². The highest BCUT2D eigenvalue weighted by Gasteiger charge is 2.52. The lowest BCUT2D eigenvalue weighted by atomic mass is 10.0. The molecule has 1 aromatic rings. The summed E-state index contributed by atoms with van der Waals surface area (Å²) in [6.45, 7) is 12.2. The largest absolute Gasteiger partial charge is 0.388 e. The smallest absolute Gasteiger partial charge is 0.251 e. The van der Waals surface area contributed by atoms with E-state index in [-0.39, 0.29) is 36.7 Å². The van der Waals surface area contributed by atoms with E-state index in [1.54, 1.807) is 12.1 Å². The van der Waals surface area contributed by atoms with Gasteiger partial charge in [-0.25, -0.2) is 0 Å². The van der Waals surface area contributed by atoms with E-state index in [2.05, 4.69) is 29.0 Å². The standard InChI is InChI=1S/C26H38N4O5/c1-16(2)13-20(26(34)30-14-21(31)24-23(30)22(32)15-35-24)27-25(33)18-5-7-19(8-6-18)29-11-9-28(10-12-29)17(3)4/h5-8,16-17,20-21,23-24,31H,9-15H2,1-4H3,(H,27,33)/t20?,21-,23-,24-/m1/s1. The van der Waals surface area contributed by atoms with E-state index in [0.717, 1.165) is 31.9 Å². The van der Waals surface area contributed by atoms with E-state index in [9.17, 15) is 19.5 Å². The van der Waals surface area contributed by atoms with Crippen LogP contribution in [0.5, 0.6) is 0 Å². The van der Waals surface area contributed by atoms with Crippen molar-refractivity contribution < 1.29 is 24.2 Å². The SMILES string of the molecule is CC(C)CC(NC(=O)c1ccc(N2CCN(C(C)C)CC2)cc1)C(=O)N1C[C@@H](O)[C@H]2OCC(=O)[C@H]21. The number of benzene rings is 1. The Balaban J connectivity index is 1.41. The Morgan fingerprint density at radius 2 is 1.74 bits per heavy atom. The molecule has 4 atom stereocenters. The van der Waals surface area contributed by atoms with Crippen molar-refractivity contribution in [1.29, 1.82) is 0 Å². The maximum absolute atomic E-state index is 13.4. The molecule has 3 aliphatic rings. The second-order valence-corrected chi connectivity index (χ2v) is 10.6. The second-order valence-electron chi connectivity index (χ2n) is 10.6. The molecule has 9 heteroatoms. The molecule has 3 saturated heterocycles. The van der Waals surface area contributed by atoms with Gasteiger partial charge in [0.1, 0.15) is 30.9 Å². The number of amides is 2. The lowest BCUT2D eigenvalue weighted by Crippen LogP contribution is -2.52. The molecule has 4 rings (SSSR count). The lowest BCUT2D eigenvalue weighted by molar-refractivity contribution is -0.138. The maximum atomic E-state index is 13.4. The van der Waals surface area contributed by atoms with Gasteiger partial charge in [-0.2, -0.15) is 0 Å². The molecule has 1 aromatic carbocycles. The Labute approximate surface area is 207 Å². The minimum Gasteiger partial charge on any atom is -0.388 e. The number of likely N-dealkylation sites (tertiary alicyclic amines) is 1. The van der Waals surface area contributed by atoms with Crippen LogP contribution >= 0.6 is 0 Å². The van der Waals surface area contributed by atoms with Gasteiger partial charge in [-0.05, 0) is 50.5 Å². The highest BCUT2D eigenvalue weighted by Crippen LogP contribution is 2.29. The number of aliphatic hydroxyl groups is 1. The number of anilines is 1. The van der Waals surface area contributed by atoms with Crippen LogP contribution in [0.4, 0.5) is 5.69 Å². The first kappa shape index (κ1) is 25.6. The number of carbonyl (C=O) groups is 3. The molecule has 192 valence electrons. The van der Waals surface area contributed by atoms with Crippen molar-refractivity contribution in [2.75, 3.05) is 44.2 Å². The van der Waals surface area contributed by atoms with Crippen LogP contribution in [0.15, 0.2) is 24.3 Å². The fourth-order valence-electron chi connectivity index (χ4n) is 5.31. The number of carbonyl (C=O) groups excluding carboxylic acids is 3. The van der Waals surface area contributed by atoms with Crippen molar-refractivity contribution in [2.45, 2.75) is 64.4 Å². The summed E-state index contributed by atoms with van der Waals surface area (Å²) in [6.07, 6.45) is -1.15. The predicted molar refractivity (Wildman–Crippen MR) is 132 cm³/mol. The van der Waals surface area contributed by atoms with Gasteiger partial charge in [0.05, 0.1) is 6.54 Å². The zero-order valence-corrected chi connectivity index (χ0v) is 21.1. The normalized spacial score (nSPS) is 25.9. The van der Waals surface area contributed by atoms with Crippen molar-refractivity contribution in [3.05, 3.63) is 29.8 Å². The average Bonchev–Trinajstić information content (AvgIpc) is 3.38. The van der Waals surface area contributed by atoms with E-state index in [4.69, 9.17) is 4.74 Å². The lowest BCUT2D eigenvalue weighted by Gasteiger charge is -2.38. The van der Waals surface area contributed by atoms with Crippen LogP contribution < -0.4 is 10.2 Å².